The lowest BCUT2D eigenvalue weighted by atomic mass is 10.1. The van der Waals surface area contributed by atoms with Gasteiger partial charge in [-0.1, -0.05) is 24.3 Å². The van der Waals surface area contributed by atoms with E-state index in [0.717, 1.165) is 36.1 Å². The molecule has 0 bridgehead atoms. The molecule has 4 rings (SSSR count). The molecular formula is C20H24N4O2. The third-order valence-corrected chi connectivity index (χ3v) is 5.51. The number of nitrogens with one attached hydrogen (secondary N) is 1. The van der Waals surface area contributed by atoms with Crippen LogP contribution in [-0.4, -0.2) is 51.4 Å². The van der Waals surface area contributed by atoms with Gasteiger partial charge in [-0.15, -0.1) is 0 Å². The second-order valence-electron chi connectivity index (χ2n) is 7.17. The molecule has 1 saturated heterocycles. The van der Waals surface area contributed by atoms with Crippen LogP contribution in [0, 0.1) is 6.92 Å². The Labute approximate surface area is 153 Å². The number of amides is 2. The van der Waals surface area contributed by atoms with Crippen molar-refractivity contribution in [1.29, 1.82) is 0 Å². The summed E-state index contributed by atoms with van der Waals surface area (Å²) in [6.07, 6.45) is 3.33. The first kappa shape index (κ1) is 16.8. The molecule has 1 aliphatic heterocycles. The van der Waals surface area contributed by atoms with Crippen molar-refractivity contribution in [1.82, 2.24) is 20.0 Å². The molecule has 1 aromatic carbocycles. The molecule has 2 aliphatic rings. The summed E-state index contributed by atoms with van der Waals surface area (Å²) in [4.78, 5) is 29.1. The number of hydrogen-bond donors (Lipinski definition) is 1. The number of aromatic nitrogens is 2. The van der Waals surface area contributed by atoms with Gasteiger partial charge in [0.2, 0.25) is 5.91 Å². The van der Waals surface area contributed by atoms with E-state index in [9.17, 15) is 9.59 Å². The highest BCUT2D eigenvalue weighted by Gasteiger charge is 2.29. The van der Waals surface area contributed by atoms with Crippen LogP contribution in [0.3, 0.4) is 0 Å². The zero-order valence-corrected chi connectivity index (χ0v) is 15.1. The molecule has 6 heteroatoms. The second kappa shape index (κ2) is 6.94. The van der Waals surface area contributed by atoms with E-state index < -0.39 is 0 Å². The van der Waals surface area contributed by atoms with Gasteiger partial charge in [-0.25, -0.2) is 0 Å². The number of aryl methyl sites for hydroxylation is 2. The molecule has 1 aromatic heterocycles. The third-order valence-electron chi connectivity index (χ3n) is 5.51. The fourth-order valence-corrected chi connectivity index (χ4v) is 3.88. The van der Waals surface area contributed by atoms with Crippen LogP contribution in [0.5, 0.6) is 0 Å². The summed E-state index contributed by atoms with van der Waals surface area (Å²) in [6, 6.07) is 8.12. The maximum atomic E-state index is 12.9. The smallest absolute Gasteiger partial charge is 0.274 e. The Bertz CT molecular complexity index is 842. The molecule has 0 atom stereocenters. The first-order valence-corrected chi connectivity index (χ1v) is 9.31. The van der Waals surface area contributed by atoms with Gasteiger partial charge in [-0.2, -0.15) is 5.10 Å². The lowest BCUT2D eigenvalue weighted by molar-refractivity contribution is -0.130. The Morgan fingerprint density at radius 1 is 1.15 bits per heavy atom. The standard InChI is InChI=1S/C20H24N4O2/c1-14-5-2-3-6-15(14)13-24-12-11-23(10-9-18(24)25)20(26)19-16-7-4-8-17(16)21-22-19/h2-3,5-6H,4,7-13H2,1H3,(H,21,22). The Balaban J connectivity index is 1.46. The van der Waals surface area contributed by atoms with Crippen LogP contribution in [0.1, 0.15) is 45.7 Å². The molecule has 0 unspecified atom stereocenters. The number of nitrogens with zero attached hydrogens (tertiary/aromatic N) is 3. The number of H-pyrrole nitrogens is 1. The minimum Gasteiger partial charge on any atom is -0.337 e. The van der Waals surface area contributed by atoms with E-state index in [-0.39, 0.29) is 11.8 Å². The van der Waals surface area contributed by atoms with Crippen molar-refractivity contribution in [3.8, 4) is 0 Å². The van der Waals surface area contributed by atoms with E-state index in [1.807, 2.05) is 17.0 Å². The molecule has 2 aromatic rings. The van der Waals surface area contributed by atoms with Crippen LogP contribution in [0.25, 0.3) is 0 Å². The summed E-state index contributed by atoms with van der Waals surface area (Å²) in [7, 11) is 0. The van der Waals surface area contributed by atoms with Crippen molar-refractivity contribution in [3.63, 3.8) is 0 Å². The monoisotopic (exact) mass is 352 g/mol. The van der Waals surface area contributed by atoms with Crippen LogP contribution in [-0.2, 0) is 24.2 Å². The summed E-state index contributed by atoms with van der Waals surface area (Å²) in [5, 5.41) is 7.25. The number of carbonyl (C=O) groups is 2. The largest absolute Gasteiger partial charge is 0.337 e. The van der Waals surface area contributed by atoms with Gasteiger partial charge in [0.25, 0.3) is 5.91 Å². The molecule has 6 nitrogen and oxygen atoms in total. The number of carbonyl (C=O) groups excluding carboxylic acids is 2. The fourth-order valence-electron chi connectivity index (χ4n) is 3.88. The fraction of sp³-hybridized carbons (Fsp3) is 0.450. The quantitative estimate of drug-likeness (QED) is 0.919. The number of hydrogen-bond acceptors (Lipinski definition) is 3. The van der Waals surface area contributed by atoms with Gasteiger partial charge < -0.3 is 9.80 Å². The molecule has 2 heterocycles. The van der Waals surface area contributed by atoms with Gasteiger partial charge in [-0.3, -0.25) is 14.7 Å². The predicted octanol–water partition coefficient (Wildman–Crippen LogP) is 2.08. The van der Waals surface area contributed by atoms with Crippen molar-refractivity contribution >= 4 is 11.8 Å². The maximum absolute atomic E-state index is 12.9. The number of benzene rings is 1. The second-order valence-corrected chi connectivity index (χ2v) is 7.17. The minimum absolute atomic E-state index is 0.0464. The van der Waals surface area contributed by atoms with Crippen molar-refractivity contribution in [2.45, 2.75) is 39.2 Å². The molecule has 1 fully saturated rings. The molecule has 1 aliphatic carbocycles. The average Bonchev–Trinajstić information content (AvgIpc) is 3.20. The van der Waals surface area contributed by atoms with Crippen LogP contribution < -0.4 is 0 Å². The Morgan fingerprint density at radius 2 is 2.00 bits per heavy atom. The molecule has 1 N–H and O–H groups in total. The predicted molar refractivity (Wildman–Crippen MR) is 97.7 cm³/mol. The zero-order chi connectivity index (χ0) is 18.1. The molecular weight excluding hydrogens is 328 g/mol. The van der Waals surface area contributed by atoms with Crippen LogP contribution in [0.4, 0.5) is 0 Å². The minimum atomic E-state index is -0.0464. The highest BCUT2D eigenvalue weighted by Crippen LogP contribution is 2.24. The van der Waals surface area contributed by atoms with E-state index in [1.54, 1.807) is 4.90 Å². The van der Waals surface area contributed by atoms with Gasteiger partial charge in [0.1, 0.15) is 0 Å². The Morgan fingerprint density at radius 3 is 2.85 bits per heavy atom. The first-order valence-electron chi connectivity index (χ1n) is 9.31. The highest BCUT2D eigenvalue weighted by molar-refractivity contribution is 5.94. The Kier molecular flexibility index (Phi) is 4.49. The van der Waals surface area contributed by atoms with Gasteiger partial charge >= 0.3 is 0 Å². The van der Waals surface area contributed by atoms with Crippen molar-refractivity contribution in [2.24, 2.45) is 0 Å². The number of aromatic amines is 1. The zero-order valence-electron chi connectivity index (χ0n) is 15.1. The van der Waals surface area contributed by atoms with E-state index >= 15 is 0 Å². The molecule has 0 radical (unpaired) electrons. The summed E-state index contributed by atoms with van der Waals surface area (Å²) < 4.78 is 0. The summed E-state index contributed by atoms with van der Waals surface area (Å²) in [5.74, 6) is 0.0609. The molecule has 136 valence electrons. The van der Waals surface area contributed by atoms with Gasteiger partial charge in [0, 0.05) is 43.9 Å². The lowest BCUT2D eigenvalue weighted by Crippen LogP contribution is -2.36. The molecule has 26 heavy (non-hydrogen) atoms. The molecule has 0 saturated carbocycles. The van der Waals surface area contributed by atoms with E-state index in [2.05, 4.69) is 29.3 Å². The van der Waals surface area contributed by atoms with Crippen molar-refractivity contribution in [3.05, 3.63) is 52.3 Å². The van der Waals surface area contributed by atoms with Gasteiger partial charge in [0.15, 0.2) is 5.69 Å². The molecule has 0 spiro atoms. The number of fused-ring (bicyclic) bond motifs is 1. The van der Waals surface area contributed by atoms with Crippen LogP contribution >= 0.6 is 0 Å². The normalized spacial score (nSPS) is 17.3. The number of rotatable bonds is 3. The van der Waals surface area contributed by atoms with Crippen LogP contribution in [0.15, 0.2) is 24.3 Å². The van der Waals surface area contributed by atoms with Crippen molar-refractivity contribution < 1.29 is 9.59 Å². The topological polar surface area (TPSA) is 69.3 Å². The lowest BCUT2D eigenvalue weighted by Gasteiger charge is -2.22. The summed E-state index contributed by atoms with van der Waals surface area (Å²) in [6.45, 7) is 4.24. The van der Waals surface area contributed by atoms with Crippen LogP contribution in [0.2, 0.25) is 0 Å². The summed E-state index contributed by atoms with van der Waals surface area (Å²) >= 11 is 0. The average molecular weight is 352 g/mol. The van der Waals surface area contributed by atoms with Gasteiger partial charge in [0.05, 0.1) is 0 Å². The van der Waals surface area contributed by atoms with E-state index in [4.69, 9.17) is 0 Å². The highest BCUT2D eigenvalue weighted by atomic mass is 16.2. The van der Waals surface area contributed by atoms with E-state index in [1.165, 1.54) is 5.56 Å². The van der Waals surface area contributed by atoms with Crippen molar-refractivity contribution in [2.75, 3.05) is 19.6 Å². The SMILES string of the molecule is Cc1ccccc1CN1CCN(C(=O)c2n[nH]c3c2CCC3)CCC1=O. The Hall–Kier alpha value is -2.63. The van der Waals surface area contributed by atoms with Gasteiger partial charge in [-0.05, 0) is 37.3 Å². The molecule has 2 amide bonds. The third kappa shape index (κ3) is 3.11. The van der Waals surface area contributed by atoms with E-state index in [0.29, 0.717) is 38.3 Å². The maximum Gasteiger partial charge on any atom is 0.274 e. The first-order chi connectivity index (χ1) is 12.6. The summed E-state index contributed by atoms with van der Waals surface area (Å²) in [5.41, 5.74) is 5.07.